The zero-order chi connectivity index (χ0) is 12.0. The van der Waals surface area contributed by atoms with Gasteiger partial charge in [-0.1, -0.05) is 23.7 Å². The van der Waals surface area contributed by atoms with E-state index in [1.807, 2.05) is 38.1 Å². The van der Waals surface area contributed by atoms with Crippen LogP contribution in [-0.2, 0) is 4.79 Å². The third-order valence-corrected chi connectivity index (χ3v) is 2.58. The molecule has 0 N–H and O–H groups in total. The van der Waals surface area contributed by atoms with Crippen molar-refractivity contribution in [1.82, 2.24) is 4.90 Å². The molecule has 1 aromatic carbocycles. The Morgan fingerprint density at radius 1 is 1.38 bits per heavy atom. The average Bonchev–Trinajstić information content (AvgIpc) is 2.28. The van der Waals surface area contributed by atoms with Crippen molar-refractivity contribution in [3.8, 4) is 0 Å². The topological polar surface area (TPSA) is 20.3 Å². The number of carbonyl (C=O) groups is 1. The Morgan fingerprint density at radius 2 is 2.06 bits per heavy atom. The van der Waals surface area contributed by atoms with E-state index in [0.717, 1.165) is 18.7 Å². The number of nitrogens with zero attached hydrogens (tertiary/aromatic N) is 1. The second kappa shape index (κ2) is 6.33. The molecule has 16 heavy (non-hydrogen) atoms. The minimum atomic E-state index is 0.0324. The molecule has 0 unspecified atom stereocenters. The molecule has 1 amide bonds. The Labute approximate surface area is 102 Å². The first-order valence-corrected chi connectivity index (χ1v) is 5.77. The van der Waals surface area contributed by atoms with E-state index in [1.54, 1.807) is 17.1 Å². The van der Waals surface area contributed by atoms with Gasteiger partial charge in [0, 0.05) is 24.2 Å². The van der Waals surface area contributed by atoms with E-state index in [-0.39, 0.29) is 5.91 Å². The maximum atomic E-state index is 11.7. The maximum Gasteiger partial charge on any atom is 0.246 e. The van der Waals surface area contributed by atoms with Crippen molar-refractivity contribution in [2.75, 3.05) is 13.1 Å². The molecule has 0 saturated carbocycles. The molecule has 86 valence electrons. The molecule has 0 aliphatic carbocycles. The molecule has 0 fully saturated rings. The summed E-state index contributed by atoms with van der Waals surface area (Å²) in [6.07, 6.45) is 3.37. The number of rotatable bonds is 4. The van der Waals surface area contributed by atoms with E-state index >= 15 is 0 Å². The predicted octanol–water partition coefficient (Wildman–Crippen LogP) is 3.22. The quantitative estimate of drug-likeness (QED) is 0.737. The molecule has 1 aromatic rings. The van der Waals surface area contributed by atoms with Gasteiger partial charge in [0.15, 0.2) is 0 Å². The van der Waals surface area contributed by atoms with Gasteiger partial charge in [-0.3, -0.25) is 4.79 Å². The highest BCUT2D eigenvalue weighted by molar-refractivity contribution is 6.30. The summed E-state index contributed by atoms with van der Waals surface area (Å²) in [5.74, 6) is 0.0324. The fourth-order valence-electron chi connectivity index (χ4n) is 1.42. The van der Waals surface area contributed by atoms with Gasteiger partial charge in [-0.15, -0.1) is 0 Å². The van der Waals surface area contributed by atoms with Gasteiger partial charge in [0.1, 0.15) is 0 Å². The van der Waals surface area contributed by atoms with Gasteiger partial charge in [-0.05, 0) is 37.6 Å². The fraction of sp³-hybridized carbons (Fsp3) is 0.308. The Morgan fingerprint density at radius 3 is 2.62 bits per heavy atom. The normalized spacial score (nSPS) is 10.7. The number of hydrogen-bond donors (Lipinski definition) is 0. The largest absolute Gasteiger partial charge is 0.340 e. The first-order valence-electron chi connectivity index (χ1n) is 5.40. The molecular formula is C13H16ClNO. The summed E-state index contributed by atoms with van der Waals surface area (Å²) in [7, 11) is 0. The van der Waals surface area contributed by atoms with Crippen molar-refractivity contribution in [2.45, 2.75) is 13.8 Å². The van der Waals surface area contributed by atoms with Gasteiger partial charge in [0.25, 0.3) is 0 Å². The van der Waals surface area contributed by atoms with Crippen molar-refractivity contribution in [1.29, 1.82) is 0 Å². The van der Waals surface area contributed by atoms with Crippen LogP contribution >= 0.6 is 11.6 Å². The van der Waals surface area contributed by atoms with Crippen LogP contribution in [0.5, 0.6) is 0 Å². The highest BCUT2D eigenvalue weighted by Crippen LogP contribution is 2.11. The minimum Gasteiger partial charge on any atom is -0.340 e. The third kappa shape index (κ3) is 3.70. The molecule has 1 rings (SSSR count). The van der Waals surface area contributed by atoms with E-state index < -0.39 is 0 Å². The zero-order valence-electron chi connectivity index (χ0n) is 9.61. The molecule has 0 saturated heterocycles. The van der Waals surface area contributed by atoms with Crippen molar-refractivity contribution in [3.05, 3.63) is 40.9 Å². The van der Waals surface area contributed by atoms with Gasteiger partial charge < -0.3 is 4.90 Å². The number of hydrogen-bond acceptors (Lipinski definition) is 1. The molecule has 0 bridgehead atoms. The Hall–Kier alpha value is -1.28. The summed E-state index contributed by atoms with van der Waals surface area (Å²) in [6, 6.07) is 7.42. The van der Waals surface area contributed by atoms with Gasteiger partial charge in [-0.2, -0.15) is 0 Å². The van der Waals surface area contributed by atoms with Crippen LogP contribution in [0.2, 0.25) is 5.02 Å². The predicted molar refractivity (Wildman–Crippen MR) is 68.4 cm³/mol. The number of halogens is 1. The van der Waals surface area contributed by atoms with Gasteiger partial charge in [-0.25, -0.2) is 0 Å². The van der Waals surface area contributed by atoms with Crippen LogP contribution in [0.1, 0.15) is 19.4 Å². The Kier molecular flexibility index (Phi) is 5.06. The second-order valence-electron chi connectivity index (χ2n) is 3.40. The minimum absolute atomic E-state index is 0.0324. The standard InChI is InChI=1S/C13H16ClNO/c1-3-15(4-2)13(16)9-8-11-6-5-7-12(14)10-11/h5-10H,3-4H2,1-2H3. The van der Waals surface area contributed by atoms with Crippen molar-refractivity contribution in [3.63, 3.8) is 0 Å². The molecular weight excluding hydrogens is 222 g/mol. The maximum absolute atomic E-state index is 11.7. The summed E-state index contributed by atoms with van der Waals surface area (Å²) in [5.41, 5.74) is 0.938. The summed E-state index contributed by atoms with van der Waals surface area (Å²) in [5, 5.41) is 0.678. The van der Waals surface area contributed by atoms with Crippen LogP contribution in [0.25, 0.3) is 6.08 Å². The van der Waals surface area contributed by atoms with Gasteiger partial charge >= 0.3 is 0 Å². The first-order chi connectivity index (χ1) is 7.67. The Balaban J connectivity index is 2.70. The average molecular weight is 238 g/mol. The van der Waals surface area contributed by atoms with E-state index in [1.165, 1.54) is 0 Å². The van der Waals surface area contributed by atoms with E-state index in [4.69, 9.17) is 11.6 Å². The van der Waals surface area contributed by atoms with E-state index in [0.29, 0.717) is 5.02 Å². The second-order valence-corrected chi connectivity index (χ2v) is 3.84. The molecule has 0 spiro atoms. The van der Waals surface area contributed by atoms with Crippen LogP contribution in [0.15, 0.2) is 30.3 Å². The molecule has 0 heterocycles. The number of amides is 1. The summed E-state index contributed by atoms with van der Waals surface area (Å²) >= 11 is 5.85. The smallest absolute Gasteiger partial charge is 0.246 e. The van der Waals surface area contributed by atoms with Crippen molar-refractivity contribution < 1.29 is 4.79 Å². The SMILES string of the molecule is CCN(CC)C(=O)C=Cc1cccc(Cl)c1. The van der Waals surface area contributed by atoms with Crippen molar-refractivity contribution >= 4 is 23.6 Å². The van der Waals surface area contributed by atoms with E-state index in [9.17, 15) is 4.79 Å². The lowest BCUT2D eigenvalue weighted by Gasteiger charge is -2.15. The van der Waals surface area contributed by atoms with Crippen LogP contribution in [0, 0.1) is 0 Å². The van der Waals surface area contributed by atoms with Crippen molar-refractivity contribution in [2.24, 2.45) is 0 Å². The van der Waals surface area contributed by atoms with Crippen LogP contribution in [0.3, 0.4) is 0 Å². The molecule has 0 radical (unpaired) electrons. The van der Waals surface area contributed by atoms with Gasteiger partial charge in [0.05, 0.1) is 0 Å². The Bertz CT molecular complexity index is 383. The monoisotopic (exact) mass is 237 g/mol. The van der Waals surface area contributed by atoms with E-state index in [2.05, 4.69) is 0 Å². The highest BCUT2D eigenvalue weighted by atomic mass is 35.5. The van der Waals surface area contributed by atoms with Crippen LogP contribution in [0.4, 0.5) is 0 Å². The third-order valence-electron chi connectivity index (χ3n) is 2.34. The molecule has 0 aromatic heterocycles. The lowest BCUT2D eigenvalue weighted by Crippen LogP contribution is -2.28. The first kappa shape index (κ1) is 12.8. The molecule has 0 aliphatic heterocycles. The van der Waals surface area contributed by atoms with Crippen LogP contribution in [-0.4, -0.2) is 23.9 Å². The fourth-order valence-corrected chi connectivity index (χ4v) is 1.62. The summed E-state index contributed by atoms with van der Waals surface area (Å²) in [6.45, 7) is 5.40. The number of likely N-dealkylation sites (N-methyl/N-ethyl adjacent to an activating group) is 1. The summed E-state index contributed by atoms with van der Waals surface area (Å²) < 4.78 is 0. The molecule has 2 nitrogen and oxygen atoms in total. The van der Waals surface area contributed by atoms with Gasteiger partial charge in [0.2, 0.25) is 5.91 Å². The van der Waals surface area contributed by atoms with Crippen LogP contribution < -0.4 is 0 Å². The zero-order valence-corrected chi connectivity index (χ0v) is 10.4. The number of carbonyl (C=O) groups excluding carboxylic acids is 1. The lowest BCUT2D eigenvalue weighted by molar-refractivity contribution is -0.125. The number of benzene rings is 1. The summed E-state index contributed by atoms with van der Waals surface area (Å²) in [4.78, 5) is 13.4. The highest BCUT2D eigenvalue weighted by Gasteiger charge is 2.04. The molecule has 3 heteroatoms. The lowest BCUT2D eigenvalue weighted by atomic mass is 10.2. The molecule has 0 atom stereocenters. The molecule has 0 aliphatic rings.